The lowest BCUT2D eigenvalue weighted by atomic mass is 10.0. The van der Waals surface area contributed by atoms with Gasteiger partial charge in [0.05, 0.1) is 24.5 Å². The van der Waals surface area contributed by atoms with Crippen molar-refractivity contribution in [3.63, 3.8) is 0 Å². The second kappa shape index (κ2) is 10.6. The van der Waals surface area contributed by atoms with Gasteiger partial charge < -0.3 is 19.9 Å². The van der Waals surface area contributed by atoms with Gasteiger partial charge in [-0.05, 0) is 61.7 Å². The fraction of sp³-hybridized carbons (Fsp3) is 0.391. The third-order valence-electron chi connectivity index (χ3n) is 5.29. The second-order valence-electron chi connectivity index (χ2n) is 7.75. The molecule has 0 bridgehead atoms. The minimum atomic E-state index is -3.23. The molecule has 1 unspecified atom stereocenters. The van der Waals surface area contributed by atoms with Gasteiger partial charge in [0.15, 0.2) is 6.04 Å². The summed E-state index contributed by atoms with van der Waals surface area (Å²) in [5, 5.41) is 21.8. The van der Waals surface area contributed by atoms with E-state index in [9.17, 15) is 18.3 Å². The summed E-state index contributed by atoms with van der Waals surface area (Å²) < 4.78 is 36.6. The first-order valence-corrected chi connectivity index (χ1v) is 12.4. The van der Waals surface area contributed by atoms with E-state index in [2.05, 4.69) is 5.32 Å². The predicted octanol–water partition coefficient (Wildman–Crippen LogP) is 3.00. The summed E-state index contributed by atoms with van der Waals surface area (Å²) in [5.41, 5.74) is 1.48. The Morgan fingerprint density at radius 1 is 1.21 bits per heavy atom. The van der Waals surface area contributed by atoms with Gasteiger partial charge in [-0.3, -0.25) is 0 Å². The summed E-state index contributed by atoms with van der Waals surface area (Å²) in [7, 11) is -3.23. The van der Waals surface area contributed by atoms with Crippen LogP contribution in [0.3, 0.4) is 0 Å². The van der Waals surface area contributed by atoms with Crippen molar-refractivity contribution < 1.29 is 27.8 Å². The predicted molar refractivity (Wildman–Crippen MR) is 123 cm³/mol. The van der Waals surface area contributed by atoms with Crippen molar-refractivity contribution in [3.05, 3.63) is 53.6 Å². The van der Waals surface area contributed by atoms with Crippen LogP contribution in [0.5, 0.6) is 11.5 Å². The molecule has 0 saturated carbocycles. The van der Waals surface area contributed by atoms with Crippen LogP contribution < -0.4 is 14.8 Å². The highest BCUT2D eigenvalue weighted by molar-refractivity contribution is 7.88. The Balaban J connectivity index is 1.81. The highest BCUT2D eigenvalue weighted by atomic mass is 32.2. The Hall–Kier alpha value is -3.29. The molecule has 1 fully saturated rings. The average molecular weight is 474 g/mol. The van der Waals surface area contributed by atoms with Gasteiger partial charge in [0.1, 0.15) is 17.6 Å². The molecular weight excluding hydrogens is 446 g/mol. The molecule has 2 aromatic carbocycles. The molecule has 0 amide bonds. The number of hydrogen-bond donors (Lipinski definition) is 2. The maximum Gasteiger partial charge on any atom is 0.330 e. The molecule has 1 aliphatic rings. The summed E-state index contributed by atoms with van der Waals surface area (Å²) in [6, 6.07) is 12.5. The minimum Gasteiger partial charge on any atom is -0.494 e. The Morgan fingerprint density at radius 2 is 1.85 bits per heavy atom. The van der Waals surface area contributed by atoms with Gasteiger partial charge in [-0.2, -0.15) is 5.26 Å². The van der Waals surface area contributed by atoms with E-state index in [4.69, 9.17) is 14.7 Å². The summed E-state index contributed by atoms with van der Waals surface area (Å²) in [4.78, 5) is 12.1. The van der Waals surface area contributed by atoms with E-state index in [0.717, 1.165) is 0 Å². The van der Waals surface area contributed by atoms with E-state index in [1.54, 1.807) is 42.5 Å². The second-order valence-corrected chi connectivity index (χ2v) is 9.74. The lowest BCUT2D eigenvalue weighted by Crippen LogP contribution is -2.41. The van der Waals surface area contributed by atoms with Crippen molar-refractivity contribution in [3.8, 4) is 17.6 Å². The smallest absolute Gasteiger partial charge is 0.330 e. The third kappa shape index (κ3) is 6.60. The van der Waals surface area contributed by atoms with E-state index in [1.807, 2.05) is 13.0 Å². The number of anilines is 1. The van der Waals surface area contributed by atoms with Crippen LogP contribution in [0, 0.1) is 11.3 Å². The van der Waals surface area contributed by atoms with Gasteiger partial charge >= 0.3 is 5.97 Å². The first-order valence-electron chi connectivity index (χ1n) is 10.6. The number of sulfonamides is 1. The number of benzene rings is 2. The van der Waals surface area contributed by atoms with E-state index < -0.39 is 22.0 Å². The molecule has 1 aliphatic heterocycles. The van der Waals surface area contributed by atoms with Crippen molar-refractivity contribution in [2.75, 3.05) is 31.3 Å². The molecule has 9 nitrogen and oxygen atoms in total. The lowest BCUT2D eigenvalue weighted by Gasteiger charge is -2.30. The summed E-state index contributed by atoms with van der Waals surface area (Å²) in [5.74, 6) is -0.145. The van der Waals surface area contributed by atoms with Crippen molar-refractivity contribution in [2.24, 2.45) is 0 Å². The SMILES string of the molecule is CCOc1cc(OC2CCN(S(C)(=O)=O)CC2)cc(C(Nc2ccc(C#N)cc2)C(=O)O)c1. The topological polar surface area (TPSA) is 129 Å². The number of aliphatic carboxylic acids is 1. The number of rotatable bonds is 9. The van der Waals surface area contributed by atoms with Crippen molar-refractivity contribution >= 4 is 21.7 Å². The fourth-order valence-electron chi connectivity index (χ4n) is 3.65. The maximum absolute atomic E-state index is 12.1. The summed E-state index contributed by atoms with van der Waals surface area (Å²) in [6.07, 6.45) is 2.07. The number of nitriles is 1. The first kappa shape index (κ1) is 24.4. The molecule has 0 spiro atoms. The quantitative estimate of drug-likeness (QED) is 0.569. The molecule has 0 aliphatic carbocycles. The highest BCUT2D eigenvalue weighted by Gasteiger charge is 2.27. The number of nitrogens with one attached hydrogen (secondary N) is 1. The van der Waals surface area contributed by atoms with Gasteiger partial charge in [0.25, 0.3) is 0 Å². The molecule has 0 aromatic heterocycles. The standard InChI is InChI=1S/C23H27N3O6S/c1-3-31-20-12-17(22(23(27)28)25-18-6-4-16(15-24)5-7-18)13-21(14-20)32-19-8-10-26(11-9-19)33(2,29)30/h4-7,12-14,19,22,25H,3,8-11H2,1-2H3,(H,27,28). The van der Waals surface area contributed by atoms with Crippen molar-refractivity contribution in [2.45, 2.75) is 31.9 Å². The maximum atomic E-state index is 12.1. The normalized spacial score (nSPS) is 15.9. The van der Waals surface area contributed by atoms with Crippen LogP contribution in [0.15, 0.2) is 42.5 Å². The molecule has 0 radical (unpaired) electrons. The summed E-state index contributed by atoms with van der Waals surface area (Å²) >= 11 is 0. The molecule has 1 atom stereocenters. The van der Waals surface area contributed by atoms with Gasteiger partial charge in [0, 0.05) is 24.8 Å². The number of nitrogens with zero attached hydrogens (tertiary/aromatic N) is 2. The van der Waals surface area contributed by atoms with Gasteiger partial charge in [-0.1, -0.05) is 0 Å². The van der Waals surface area contributed by atoms with E-state index in [0.29, 0.717) is 60.9 Å². The highest BCUT2D eigenvalue weighted by Crippen LogP contribution is 2.31. The van der Waals surface area contributed by atoms with Crippen LogP contribution in [0.4, 0.5) is 5.69 Å². The molecule has 10 heteroatoms. The zero-order chi connectivity index (χ0) is 24.0. The Kier molecular flexibility index (Phi) is 7.79. The van der Waals surface area contributed by atoms with Crippen LogP contribution in [0.2, 0.25) is 0 Å². The third-order valence-corrected chi connectivity index (χ3v) is 6.59. The molecule has 3 rings (SSSR count). The molecule has 176 valence electrons. The number of carbonyl (C=O) groups is 1. The lowest BCUT2D eigenvalue weighted by molar-refractivity contribution is -0.138. The molecule has 1 heterocycles. The molecule has 2 N–H and O–H groups in total. The largest absolute Gasteiger partial charge is 0.494 e. The molecule has 1 saturated heterocycles. The first-order chi connectivity index (χ1) is 15.7. The fourth-order valence-corrected chi connectivity index (χ4v) is 4.52. The Labute approximate surface area is 193 Å². The number of piperidine rings is 1. The van der Waals surface area contributed by atoms with Crippen LogP contribution >= 0.6 is 0 Å². The van der Waals surface area contributed by atoms with Crippen molar-refractivity contribution in [1.29, 1.82) is 5.26 Å². The van der Waals surface area contributed by atoms with Gasteiger partial charge in [-0.15, -0.1) is 0 Å². The number of ether oxygens (including phenoxy) is 2. The Morgan fingerprint density at radius 3 is 2.39 bits per heavy atom. The van der Waals surface area contributed by atoms with E-state index >= 15 is 0 Å². The van der Waals surface area contributed by atoms with E-state index in [-0.39, 0.29) is 6.10 Å². The minimum absolute atomic E-state index is 0.192. The number of carboxylic acids is 1. The Bertz CT molecular complexity index is 1120. The van der Waals surface area contributed by atoms with Crippen LogP contribution in [-0.2, 0) is 14.8 Å². The van der Waals surface area contributed by atoms with Crippen molar-refractivity contribution in [1.82, 2.24) is 4.31 Å². The zero-order valence-electron chi connectivity index (χ0n) is 18.5. The monoisotopic (exact) mass is 473 g/mol. The number of carboxylic acid groups (broad SMARTS) is 1. The van der Waals surface area contributed by atoms with Gasteiger partial charge in [0.2, 0.25) is 10.0 Å². The van der Waals surface area contributed by atoms with Crippen LogP contribution in [0.25, 0.3) is 0 Å². The molecule has 2 aromatic rings. The van der Waals surface area contributed by atoms with Crippen LogP contribution in [-0.4, -0.2) is 55.9 Å². The molecular formula is C23H27N3O6S. The van der Waals surface area contributed by atoms with Gasteiger partial charge in [-0.25, -0.2) is 17.5 Å². The molecule has 33 heavy (non-hydrogen) atoms. The average Bonchev–Trinajstić information content (AvgIpc) is 2.77. The van der Waals surface area contributed by atoms with E-state index in [1.165, 1.54) is 10.6 Å². The zero-order valence-corrected chi connectivity index (χ0v) is 19.3. The number of hydrogen-bond acceptors (Lipinski definition) is 7. The van der Waals surface area contributed by atoms with Crippen LogP contribution in [0.1, 0.15) is 36.9 Å². The summed E-state index contributed by atoms with van der Waals surface area (Å²) in [6.45, 7) is 2.98.